The summed E-state index contributed by atoms with van der Waals surface area (Å²) in [5.74, 6) is 0.774. The van der Waals surface area contributed by atoms with Crippen molar-refractivity contribution in [3.63, 3.8) is 0 Å². The van der Waals surface area contributed by atoms with Crippen molar-refractivity contribution in [3.05, 3.63) is 0 Å². The first-order chi connectivity index (χ1) is 6.56. The van der Waals surface area contributed by atoms with Gasteiger partial charge in [-0.1, -0.05) is 13.8 Å². The van der Waals surface area contributed by atoms with Crippen LogP contribution in [0, 0.1) is 11.3 Å². The van der Waals surface area contributed by atoms with Gasteiger partial charge in [-0.05, 0) is 50.6 Å². The topological polar surface area (TPSA) is 29.3 Å². The Morgan fingerprint density at radius 3 is 2.29 bits per heavy atom. The highest BCUT2D eigenvalue weighted by molar-refractivity contribution is 5.00. The minimum Gasteiger partial charge on any atom is -0.330 e. The summed E-state index contributed by atoms with van der Waals surface area (Å²) in [7, 11) is 2.30. The molecule has 2 rings (SSSR count). The molecule has 2 heteroatoms. The van der Waals surface area contributed by atoms with Crippen LogP contribution >= 0.6 is 0 Å². The third-order valence-electron chi connectivity index (χ3n) is 4.66. The maximum absolute atomic E-state index is 5.76. The summed E-state index contributed by atoms with van der Waals surface area (Å²) >= 11 is 0. The molecule has 0 aliphatic heterocycles. The Morgan fingerprint density at radius 1 is 1.29 bits per heavy atom. The molecule has 0 aromatic heterocycles. The van der Waals surface area contributed by atoms with Gasteiger partial charge in [0.15, 0.2) is 0 Å². The Hall–Kier alpha value is -0.0800. The maximum Gasteiger partial charge on any atom is 0.0147 e. The minimum atomic E-state index is 0.545. The van der Waals surface area contributed by atoms with E-state index in [-0.39, 0.29) is 0 Å². The van der Waals surface area contributed by atoms with Crippen LogP contribution in [0.2, 0.25) is 0 Å². The van der Waals surface area contributed by atoms with Crippen LogP contribution in [-0.2, 0) is 0 Å². The second-order valence-electron chi connectivity index (χ2n) is 5.85. The molecule has 2 N–H and O–H groups in total. The van der Waals surface area contributed by atoms with Crippen molar-refractivity contribution in [1.29, 1.82) is 0 Å². The van der Waals surface area contributed by atoms with Gasteiger partial charge >= 0.3 is 0 Å². The molecule has 14 heavy (non-hydrogen) atoms. The Balaban J connectivity index is 1.92. The zero-order valence-electron chi connectivity index (χ0n) is 9.79. The van der Waals surface area contributed by atoms with Gasteiger partial charge in [-0.15, -0.1) is 0 Å². The third kappa shape index (κ3) is 1.49. The molecule has 0 aromatic rings. The van der Waals surface area contributed by atoms with E-state index in [1.54, 1.807) is 0 Å². The van der Waals surface area contributed by atoms with E-state index in [9.17, 15) is 0 Å². The van der Waals surface area contributed by atoms with Gasteiger partial charge in [-0.25, -0.2) is 0 Å². The Labute approximate surface area is 87.8 Å². The zero-order chi connectivity index (χ0) is 10.3. The lowest BCUT2D eigenvalue weighted by Crippen LogP contribution is -2.59. The number of hydrogen-bond acceptors (Lipinski definition) is 2. The summed E-state index contributed by atoms with van der Waals surface area (Å²) in [4.78, 5) is 2.62. The summed E-state index contributed by atoms with van der Waals surface area (Å²) in [6.45, 7) is 5.67. The molecule has 2 nitrogen and oxygen atoms in total. The predicted octanol–water partition coefficient (Wildman–Crippen LogP) is 1.84. The molecule has 3 unspecified atom stereocenters. The quantitative estimate of drug-likeness (QED) is 0.746. The van der Waals surface area contributed by atoms with E-state index >= 15 is 0 Å². The van der Waals surface area contributed by atoms with E-state index in [1.807, 2.05) is 0 Å². The first-order valence-corrected chi connectivity index (χ1v) is 5.98. The Bertz CT molecular complexity index is 210. The van der Waals surface area contributed by atoms with Crippen LogP contribution in [0.3, 0.4) is 0 Å². The van der Waals surface area contributed by atoms with Gasteiger partial charge in [0.2, 0.25) is 0 Å². The molecule has 0 heterocycles. The fraction of sp³-hybridized carbons (Fsp3) is 1.00. The summed E-state index contributed by atoms with van der Waals surface area (Å²) in [5, 5.41) is 0. The lowest BCUT2D eigenvalue weighted by Gasteiger charge is -2.55. The van der Waals surface area contributed by atoms with Gasteiger partial charge in [0.1, 0.15) is 0 Å². The van der Waals surface area contributed by atoms with E-state index in [2.05, 4.69) is 25.8 Å². The van der Waals surface area contributed by atoms with Crippen LogP contribution in [0.25, 0.3) is 0 Å². The highest BCUT2D eigenvalue weighted by atomic mass is 15.2. The molecular weight excluding hydrogens is 172 g/mol. The van der Waals surface area contributed by atoms with E-state index in [0.29, 0.717) is 5.41 Å². The van der Waals surface area contributed by atoms with Crippen molar-refractivity contribution in [1.82, 2.24) is 4.90 Å². The molecular formula is C12H24N2. The van der Waals surface area contributed by atoms with E-state index in [4.69, 9.17) is 5.73 Å². The van der Waals surface area contributed by atoms with Crippen LogP contribution in [0.1, 0.15) is 39.5 Å². The van der Waals surface area contributed by atoms with Crippen molar-refractivity contribution in [2.75, 3.05) is 13.6 Å². The van der Waals surface area contributed by atoms with Gasteiger partial charge in [0.05, 0.1) is 0 Å². The van der Waals surface area contributed by atoms with E-state index < -0.39 is 0 Å². The number of hydrogen-bond donors (Lipinski definition) is 1. The van der Waals surface area contributed by atoms with Gasteiger partial charge in [0, 0.05) is 12.1 Å². The number of nitrogens with zero attached hydrogens (tertiary/aromatic N) is 1. The molecule has 2 saturated carbocycles. The summed E-state index contributed by atoms with van der Waals surface area (Å²) in [6, 6.07) is 1.59. The largest absolute Gasteiger partial charge is 0.330 e. The molecule has 82 valence electrons. The van der Waals surface area contributed by atoms with E-state index in [1.165, 1.54) is 25.7 Å². The number of nitrogens with two attached hydrogens (primary N) is 1. The minimum absolute atomic E-state index is 0.545. The lowest BCUT2D eigenvalue weighted by atomic mass is 9.65. The summed E-state index contributed by atoms with van der Waals surface area (Å²) in [5.41, 5.74) is 6.31. The van der Waals surface area contributed by atoms with Crippen molar-refractivity contribution >= 4 is 0 Å². The van der Waals surface area contributed by atoms with Crippen LogP contribution in [0.4, 0.5) is 0 Å². The normalized spacial score (nSPS) is 40.5. The molecule has 2 fully saturated rings. The first-order valence-electron chi connectivity index (χ1n) is 5.98. The summed E-state index contributed by atoms with van der Waals surface area (Å²) < 4.78 is 0. The highest BCUT2D eigenvalue weighted by Crippen LogP contribution is 2.46. The average molecular weight is 196 g/mol. The van der Waals surface area contributed by atoms with Gasteiger partial charge in [0.25, 0.3) is 0 Å². The summed E-state index contributed by atoms with van der Waals surface area (Å²) in [6.07, 6.45) is 5.49. The zero-order valence-corrected chi connectivity index (χ0v) is 9.79. The van der Waals surface area contributed by atoms with Crippen LogP contribution in [0.15, 0.2) is 0 Å². The lowest BCUT2D eigenvalue weighted by molar-refractivity contribution is -0.0485. The highest BCUT2D eigenvalue weighted by Gasteiger charge is 2.45. The molecule has 0 radical (unpaired) electrons. The standard InChI is InChI=1S/C12H24N2/c1-12(2)7-6-11(12)14(3)10-5-4-9(10)8-13/h9-11H,4-8,13H2,1-3H3. The van der Waals surface area contributed by atoms with Crippen molar-refractivity contribution in [3.8, 4) is 0 Å². The van der Waals surface area contributed by atoms with Gasteiger partial charge < -0.3 is 5.73 Å². The third-order valence-corrected chi connectivity index (χ3v) is 4.66. The van der Waals surface area contributed by atoms with E-state index in [0.717, 1.165) is 24.5 Å². The molecule has 0 spiro atoms. The molecule has 0 amide bonds. The Morgan fingerprint density at radius 2 is 2.00 bits per heavy atom. The molecule has 2 aliphatic carbocycles. The van der Waals surface area contributed by atoms with Gasteiger partial charge in [-0.2, -0.15) is 0 Å². The fourth-order valence-corrected chi connectivity index (χ4v) is 3.20. The van der Waals surface area contributed by atoms with Gasteiger partial charge in [-0.3, -0.25) is 4.90 Å². The molecule has 0 saturated heterocycles. The van der Waals surface area contributed by atoms with Crippen LogP contribution < -0.4 is 5.73 Å². The van der Waals surface area contributed by atoms with Crippen LogP contribution in [0.5, 0.6) is 0 Å². The SMILES string of the molecule is CN(C1CCC1CN)C1CCC1(C)C. The molecule has 2 aliphatic rings. The maximum atomic E-state index is 5.76. The predicted molar refractivity (Wildman–Crippen MR) is 60.1 cm³/mol. The first kappa shape index (κ1) is 10.4. The van der Waals surface area contributed by atoms with Crippen LogP contribution in [-0.4, -0.2) is 30.6 Å². The second-order valence-corrected chi connectivity index (χ2v) is 5.85. The van der Waals surface area contributed by atoms with Crippen molar-refractivity contribution in [2.45, 2.75) is 51.6 Å². The Kier molecular flexibility index (Phi) is 2.61. The molecule has 0 bridgehead atoms. The van der Waals surface area contributed by atoms with Crippen molar-refractivity contribution < 1.29 is 0 Å². The smallest absolute Gasteiger partial charge is 0.0147 e. The molecule has 3 atom stereocenters. The molecule has 0 aromatic carbocycles. The fourth-order valence-electron chi connectivity index (χ4n) is 3.20. The number of rotatable bonds is 3. The van der Waals surface area contributed by atoms with Crippen molar-refractivity contribution in [2.24, 2.45) is 17.1 Å². The average Bonchev–Trinajstić information content (AvgIpc) is 2.01. The second kappa shape index (κ2) is 3.49. The monoisotopic (exact) mass is 196 g/mol.